The summed E-state index contributed by atoms with van der Waals surface area (Å²) in [5.41, 5.74) is 3.01. The van der Waals surface area contributed by atoms with E-state index in [9.17, 15) is 13.2 Å². The van der Waals surface area contributed by atoms with Crippen LogP contribution in [0.15, 0.2) is 53.4 Å². The highest BCUT2D eigenvalue weighted by molar-refractivity contribution is 7.89. The van der Waals surface area contributed by atoms with Gasteiger partial charge in [-0.3, -0.25) is 4.79 Å². The molecule has 1 N–H and O–H groups in total. The molecular formula is C22H28N2O3S. The Kier molecular flexibility index (Phi) is 6.20. The van der Waals surface area contributed by atoms with Gasteiger partial charge in [0.05, 0.1) is 10.9 Å². The van der Waals surface area contributed by atoms with Crippen molar-refractivity contribution in [2.24, 2.45) is 0 Å². The minimum Gasteiger partial charge on any atom is -0.335 e. The topological polar surface area (TPSA) is 66.5 Å². The number of amides is 1. The minimum atomic E-state index is -3.57. The van der Waals surface area contributed by atoms with E-state index < -0.39 is 10.0 Å². The molecule has 0 heterocycles. The number of hydrogen-bond donors (Lipinski definition) is 1. The number of hydrogen-bond acceptors (Lipinski definition) is 3. The van der Waals surface area contributed by atoms with Crippen LogP contribution in [0.1, 0.15) is 60.6 Å². The van der Waals surface area contributed by atoms with Crippen molar-refractivity contribution in [1.29, 1.82) is 0 Å². The van der Waals surface area contributed by atoms with Crippen LogP contribution in [0.3, 0.4) is 0 Å². The highest BCUT2D eigenvalue weighted by Gasteiger charge is 2.27. The van der Waals surface area contributed by atoms with E-state index in [1.165, 1.54) is 23.3 Å². The highest BCUT2D eigenvalue weighted by Crippen LogP contribution is 2.34. The fourth-order valence-electron chi connectivity index (χ4n) is 3.67. The van der Waals surface area contributed by atoms with E-state index in [0.29, 0.717) is 12.0 Å². The Bertz CT molecular complexity index is 939. The van der Waals surface area contributed by atoms with Crippen molar-refractivity contribution < 1.29 is 13.2 Å². The molecular weight excluding hydrogens is 372 g/mol. The number of aryl methyl sites for hydroxylation is 1. The lowest BCUT2D eigenvalue weighted by molar-refractivity contribution is 0.0715. The van der Waals surface area contributed by atoms with Gasteiger partial charge >= 0.3 is 0 Å². The number of rotatable bonds is 6. The lowest BCUT2D eigenvalue weighted by Crippen LogP contribution is -2.33. The maximum Gasteiger partial charge on any atom is 0.254 e. The van der Waals surface area contributed by atoms with Crippen molar-refractivity contribution in [3.8, 4) is 0 Å². The van der Waals surface area contributed by atoms with E-state index in [0.717, 1.165) is 19.3 Å². The first-order valence-corrected chi connectivity index (χ1v) is 11.3. The predicted octanol–water partition coefficient (Wildman–Crippen LogP) is 3.91. The molecule has 0 bridgehead atoms. The maximum atomic E-state index is 13.0. The molecule has 0 aromatic heterocycles. The predicted molar refractivity (Wildman–Crippen MR) is 111 cm³/mol. The first kappa shape index (κ1) is 20.6. The van der Waals surface area contributed by atoms with Gasteiger partial charge in [-0.25, -0.2) is 13.1 Å². The molecule has 1 aliphatic carbocycles. The first-order chi connectivity index (χ1) is 13.3. The second kappa shape index (κ2) is 8.45. The third-order valence-electron chi connectivity index (χ3n) is 5.51. The van der Waals surface area contributed by atoms with Gasteiger partial charge in [-0.15, -0.1) is 0 Å². The summed E-state index contributed by atoms with van der Waals surface area (Å²) in [5.74, 6) is -0.0967. The van der Waals surface area contributed by atoms with Crippen molar-refractivity contribution in [1.82, 2.24) is 9.62 Å². The second-order valence-corrected chi connectivity index (χ2v) is 9.19. The Balaban J connectivity index is 1.78. The van der Waals surface area contributed by atoms with Gasteiger partial charge in [0.1, 0.15) is 0 Å². The summed E-state index contributed by atoms with van der Waals surface area (Å²) in [7, 11) is -1.75. The third-order valence-corrected chi connectivity index (χ3v) is 7.11. The van der Waals surface area contributed by atoms with E-state index >= 15 is 0 Å². The zero-order valence-corrected chi connectivity index (χ0v) is 17.5. The van der Waals surface area contributed by atoms with Crippen molar-refractivity contribution >= 4 is 15.9 Å². The van der Waals surface area contributed by atoms with E-state index in [2.05, 4.69) is 16.9 Å². The molecule has 0 fully saturated rings. The van der Waals surface area contributed by atoms with E-state index in [1.54, 1.807) is 17.0 Å². The Morgan fingerprint density at radius 3 is 2.54 bits per heavy atom. The standard InChI is InChI=1S/C22H28N2O3S/c1-4-16(2)23-28(26,27)19-14-12-18(13-15-19)22(25)24(3)21-11-7-9-17-8-5-6-10-20(17)21/h5-6,8,10,12-16,21,23H,4,7,9,11H2,1-3H3. The van der Waals surface area contributed by atoms with Gasteiger partial charge in [0.25, 0.3) is 5.91 Å². The van der Waals surface area contributed by atoms with Crippen molar-refractivity contribution in [3.63, 3.8) is 0 Å². The molecule has 0 radical (unpaired) electrons. The molecule has 2 aromatic carbocycles. The van der Waals surface area contributed by atoms with Gasteiger partial charge in [-0.1, -0.05) is 31.2 Å². The Morgan fingerprint density at radius 2 is 1.86 bits per heavy atom. The molecule has 2 atom stereocenters. The molecule has 3 rings (SSSR count). The van der Waals surface area contributed by atoms with Gasteiger partial charge in [0, 0.05) is 18.7 Å². The molecule has 0 saturated heterocycles. The summed E-state index contributed by atoms with van der Waals surface area (Å²) in [6, 6.07) is 14.4. The average Bonchev–Trinajstić information content (AvgIpc) is 2.72. The number of nitrogens with zero attached hydrogens (tertiary/aromatic N) is 1. The fraction of sp³-hybridized carbons (Fsp3) is 0.409. The second-order valence-electron chi connectivity index (χ2n) is 7.48. The first-order valence-electron chi connectivity index (χ1n) is 9.81. The summed E-state index contributed by atoms with van der Waals surface area (Å²) < 4.78 is 27.4. The van der Waals surface area contributed by atoms with Crippen LogP contribution >= 0.6 is 0 Å². The van der Waals surface area contributed by atoms with Crippen LogP contribution in [0, 0.1) is 0 Å². The smallest absolute Gasteiger partial charge is 0.254 e. The molecule has 2 aromatic rings. The average molecular weight is 401 g/mol. The molecule has 5 nitrogen and oxygen atoms in total. The molecule has 1 amide bonds. The van der Waals surface area contributed by atoms with Crippen molar-refractivity contribution in [2.45, 2.75) is 56.5 Å². The van der Waals surface area contributed by atoms with Gasteiger partial charge in [0.2, 0.25) is 10.0 Å². The summed E-state index contributed by atoms with van der Waals surface area (Å²) in [4.78, 5) is 15.0. The number of sulfonamides is 1. The number of carbonyl (C=O) groups excluding carboxylic acids is 1. The van der Waals surface area contributed by atoms with E-state index in [1.807, 2.05) is 33.0 Å². The SMILES string of the molecule is CCC(C)NS(=O)(=O)c1ccc(C(=O)N(C)C2CCCc3ccccc32)cc1. The van der Waals surface area contributed by atoms with Crippen LogP contribution < -0.4 is 4.72 Å². The lowest BCUT2D eigenvalue weighted by Gasteiger charge is -2.33. The Morgan fingerprint density at radius 1 is 1.18 bits per heavy atom. The Hall–Kier alpha value is -2.18. The zero-order valence-electron chi connectivity index (χ0n) is 16.7. The quantitative estimate of drug-likeness (QED) is 0.799. The normalized spacial score (nSPS) is 17.6. The number of carbonyl (C=O) groups is 1. The molecule has 0 saturated carbocycles. The van der Waals surface area contributed by atoms with Crippen LogP contribution in [0.2, 0.25) is 0 Å². The largest absolute Gasteiger partial charge is 0.335 e. The summed E-state index contributed by atoms with van der Waals surface area (Å²) >= 11 is 0. The number of fused-ring (bicyclic) bond motifs is 1. The zero-order chi connectivity index (χ0) is 20.3. The van der Waals surface area contributed by atoms with E-state index in [4.69, 9.17) is 0 Å². The third kappa shape index (κ3) is 4.28. The van der Waals surface area contributed by atoms with Crippen LogP contribution in [0.4, 0.5) is 0 Å². The highest BCUT2D eigenvalue weighted by atomic mass is 32.2. The van der Waals surface area contributed by atoms with Crippen LogP contribution in [0.5, 0.6) is 0 Å². The molecule has 1 aliphatic rings. The fourth-order valence-corrected chi connectivity index (χ4v) is 5.00. The number of nitrogens with one attached hydrogen (secondary N) is 1. The van der Waals surface area contributed by atoms with Gasteiger partial charge in [-0.05, 0) is 68.0 Å². The van der Waals surface area contributed by atoms with E-state index in [-0.39, 0.29) is 22.9 Å². The maximum absolute atomic E-state index is 13.0. The van der Waals surface area contributed by atoms with Crippen LogP contribution in [-0.4, -0.2) is 32.3 Å². The molecule has 6 heteroatoms. The van der Waals surface area contributed by atoms with Crippen LogP contribution in [-0.2, 0) is 16.4 Å². The lowest BCUT2D eigenvalue weighted by atomic mass is 9.87. The summed E-state index contributed by atoms with van der Waals surface area (Å²) in [6.45, 7) is 3.75. The Labute approximate surface area is 167 Å². The number of benzene rings is 2. The van der Waals surface area contributed by atoms with Gasteiger partial charge in [0.15, 0.2) is 0 Å². The molecule has 150 valence electrons. The van der Waals surface area contributed by atoms with Crippen LogP contribution in [0.25, 0.3) is 0 Å². The molecule has 2 unspecified atom stereocenters. The van der Waals surface area contributed by atoms with Gasteiger partial charge < -0.3 is 4.90 Å². The monoisotopic (exact) mass is 400 g/mol. The minimum absolute atomic E-state index is 0.0490. The molecule has 28 heavy (non-hydrogen) atoms. The van der Waals surface area contributed by atoms with Crippen molar-refractivity contribution in [2.75, 3.05) is 7.05 Å². The summed E-state index contributed by atoms with van der Waals surface area (Å²) in [6.07, 6.45) is 3.75. The van der Waals surface area contributed by atoms with Gasteiger partial charge in [-0.2, -0.15) is 0 Å². The summed E-state index contributed by atoms with van der Waals surface area (Å²) in [5, 5.41) is 0. The van der Waals surface area contributed by atoms with Crippen molar-refractivity contribution in [3.05, 3.63) is 65.2 Å². The molecule has 0 aliphatic heterocycles. The molecule has 0 spiro atoms.